The Labute approximate surface area is 186 Å². The topological polar surface area (TPSA) is 49.4 Å². The van der Waals surface area contributed by atoms with Gasteiger partial charge in [-0.05, 0) is 29.8 Å². The monoisotopic (exact) mass is 470 g/mol. The molecule has 0 saturated carbocycles. The molecule has 4 nitrogen and oxygen atoms in total. The zero-order chi connectivity index (χ0) is 20.3. The van der Waals surface area contributed by atoms with Crippen LogP contribution in [0.15, 0.2) is 47.4 Å². The number of nitrogens with zero attached hydrogens (tertiary/aromatic N) is 1. The first-order chi connectivity index (χ1) is 13.4. The lowest BCUT2D eigenvalue weighted by molar-refractivity contribution is -0.122. The van der Waals surface area contributed by atoms with E-state index in [1.165, 1.54) is 16.7 Å². The summed E-state index contributed by atoms with van der Waals surface area (Å²) in [5.41, 5.74) is 1.15. The van der Waals surface area contributed by atoms with Crippen LogP contribution in [-0.2, 0) is 9.59 Å². The van der Waals surface area contributed by atoms with Gasteiger partial charge in [-0.3, -0.25) is 14.5 Å². The Hall–Kier alpha value is -1.57. The van der Waals surface area contributed by atoms with Gasteiger partial charge >= 0.3 is 0 Å². The summed E-state index contributed by atoms with van der Waals surface area (Å²) in [7, 11) is 0. The summed E-state index contributed by atoms with van der Waals surface area (Å²) in [6.07, 6.45) is 1.77. The third kappa shape index (κ3) is 4.88. The van der Waals surface area contributed by atoms with Crippen LogP contribution in [0, 0.1) is 0 Å². The SMILES string of the molecule is O=C(CCN1C(=O)C(=Cc2ccccc2Cl)SC1=S)Nc1cccc(Cl)c1Cl. The summed E-state index contributed by atoms with van der Waals surface area (Å²) in [6, 6.07) is 12.2. The molecule has 1 saturated heterocycles. The van der Waals surface area contributed by atoms with Gasteiger partial charge in [0.1, 0.15) is 4.32 Å². The van der Waals surface area contributed by atoms with Crippen molar-refractivity contribution >= 4 is 86.7 Å². The highest BCUT2D eigenvalue weighted by molar-refractivity contribution is 8.26. The predicted octanol–water partition coefficient (Wildman–Crippen LogP) is 5.88. The minimum atomic E-state index is -0.298. The number of hydrogen-bond acceptors (Lipinski definition) is 4. The molecule has 0 unspecified atom stereocenters. The number of halogens is 3. The molecule has 2 amide bonds. The molecular formula is C19H13Cl3N2O2S2. The van der Waals surface area contributed by atoms with Gasteiger partial charge in [0.15, 0.2) is 0 Å². The molecule has 1 heterocycles. The highest BCUT2D eigenvalue weighted by Gasteiger charge is 2.32. The second-order valence-electron chi connectivity index (χ2n) is 5.75. The Morgan fingerprint density at radius 3 is 2.57 bits per heavy atom. The van der Waals surface area contributed by atoms with Gasteiger partial charge < -0.3 is 5.32 Å². The summed E-state index contributed by atoms with van der Waals surface area (Å²) in [5.74, 6) is -0.545. The minimum Gasteiger partial charge on any atom is -0.325 e. The van der Waals surface area contributed by atoms with Crippen molar-refractivity contribution in [3.05, 3.63) is 68.0 Å². The number of amides is 2. The Bertz CT molecular complexity index is 995. The second-order valence-corrected chi connectivity index (χ2v) is 8.62. The molecule has 1 N–H and O–H groups in total. The number of carbonyl (C=O) groups excluding carboxylic acids is 2. The molecule has 9 heteroatoms. The molecule has 0 aliphatic carbocycles. The number of anilines is 1. The van der Waals surface area contributed by atoms with Crippen molar-refractivity contribution in [1.29, 1.82) is 0 Å². The van der Waals surface area contributed by atoms with Crippen molar-refractivity contribution in [3.63, 3.8) is 0 Å². The third-order valence-corrected chi connectivity index (χ3v) is 6.39. The van der Waals surface area contributed by atoms with Gasteiger partial charge in [-0.25, -0.2) is 0 Å². The molecule has 2 aromatic carbocycles. The van der Waals surface area contributed by atoms with Gasteiger partial charge in [0.05, 0.1) is 20.6 Å². The molecule has 1 aliphatic heterocycles. The number of benzene rings is 2. The van der Waals surface area contributed by atoms with E-state index in [0.29, 0.717) is 25.0 Å². The maximum absolute atomic E-state index is 12.6. The van der Waals surface area contributed by atoms with Crippen molar-refractivity contribution in [1.82, 2.24) is 4.90 Å². The van der Waals surface area contributed by atoms with Crippen LogP contribution in [0.1, 0.15) is 12.0 Å². The molecule has 0 bridgehead atoms. The van der Waals surface area contributed by atoms with E-state index in [-0.39, 0.29) is 29.8 Å². The van der Waals surface area contributed by atoms with Crippen molar-refractivity contribution in [3.8, 4) is 0 Å². The molecule has 2 aromatic rings. The van der Waals surface area contributed by atoms with Crippen LogP contribution in [0.5, 0.6) is 0 Å². The van der Waals surface area contributed by atoms with E-state index in [9.17, 15) is 9.59 Å². The normalized spacial score (nSPS) is 15.4. The molecular weight excluding hydrogens is 459 g/mol. The fourth-order valence-corrected chi connectivity index (χ4v) is 4.29. The van der Waals surface area contributed by atoms with Crippen molar-refractivity contribution < 1.29 is 9.59 Å². The predicted molar refractivity (Wildman–Crippen MR) is 121 cm³/mol. The number of rotatable bonds is 5. The largest absolute Gasteiger partial charge is 0.325 e. The molecule has 0 spiro atoms. The molecule has 144 valence electrons. The first kappa shape index (κ1) is 21.1. The second kappa shape index (κ2) is 9.29. The van der Waals surface area contributed by atoms with E-state index in [4.69, 9.17) is 47.0 Å². The third-order valence-electron chi connectivity index (χ3n) is 3.85. The lowest BCUT2D eigenvalue weighted by Gasteiger charge is -2.14. The molecule has 0 aromatic heterocycles. The maximum atomic E-state index is 12.6. The molecule has 0 atom stereocenters. The molecule has 3 rings (SSSR count). The molecule has 1 fully saturated rings. The number of thiocarbonyl (C=S) groups is 1. The highest BCUT2D eigenvalue weighted by Crippen LogP contribution is 2.34. The summed E-state index contributed by atoms with van der Waals surface area (Å²) in [4.78, 5) is 26.7. The van der Waals surface area contributed by atoms with E-state index in [1.54, 1.807) is 30.3 Å². The van der Waals surface area contributed by atoms with Crippen LogP contribution < -0.4 is 5.32 Å². The number of hydrogen-bond donors (Lipinski definition) is 1. The van der Waals surface area contributed by atoms with Gasteiger partial charge in [0.2, 0.25) is 5.91 Å². The average molecular weight is 472 g/mol. The summed E-state index contributed by atoms with van der Waals surface area (Å²) in [5, 5.41) is 3.85. The van der Waals surface area contributed by atoms with Gasteiger partial charge in [-0.2, -0.15) is 0 Å². The molecule has 0 radical (unpaired) electrons. The van der Waals surface area contributed by atoms with E-state index in [2.05, 4.69) is 5.32 Å². The smallest absolute Gasteiger partial charge is 0.266 e. The lowest BCUT2D eigenvalue weighted by Crippen LogP contribution is -2.31. The van der Waals surface area contributed by atoms with Gasteiger partial charge in [0, 0.05) is 18.0 Å². The zero-order valence-corrected chi connectivity index (χ0v) is 18.1. The first-order valence-electron chi connectivity index (χ1n) is 8.10. The fraction of sp³-hybridized carbons (Fsp3) is 0.105. The Balaban J connectivity index is 1.64. The molecule has 1 aliphatic rings. The van der Waals surface area contributed by atoms with Gasteiger partial charge in [-0.1, -0.05) is 83.0 Å². The molecule has 28 heavy (non-hydrogen) atoms. The average Bonchev–Trinajstić information content (AvgIpc) is 2.92. The number of thioether (sulfide) groups is 1. The van der Waals surface area contributed by atoms with E-state index >= 15 is 0 Å². The van der Waals surface area contributed by atoms with E-state index in [0.717, 1.165) is 5.56 Å². The first-order valence-corrected chi connectivity index (χ1v) is 10.5. The number of nitrogens with one attached hydrogen (secondary N) is 1. The van der Waals surface area contributed by atoms with Crippen LogP contribution in [0.25, 0.3) is 6.08 Å². The Kier molecular flexibility index (Phi) is 7.01. The Morgan fingerprint density at radius 1 is 1.11 bits per heavy atom. The van der Waals surface area contributed by atoms with E-state index < -0.39 is 0 Å². The maximum Gasteiger partial charge on any atom is 0.266 e. The standard InChI is InChI=1S/C19H13Cl3N2O2S2/c20-12-5-2-1-4-11(12)10-15-18(26)24(19(27)28-15)9-8-16(25)23-14-7-3-6-13(21)17(14)22/h1-7,10H,8-9H2,(H,23,25). The van der Waals surface area contributed by atoms with Crippen LogP contribution in [-0.4, -0.2) is 27.6 Å². The highest BCUT2D eigenvalue weighted by atomic mass is 35.5. The summed E-state index contributed by atoms with van der Waals surface area (Å²) in [6.45, 7) is 0.161. The lowest BCUT2D eigenvalue weighted by atomic mass is 10.2. The van der Waals surface area contributed by atoms with E-state index in [1.807, 2.05) is 18.2 Å². The quantitative estimate of drug-likeness (QED) is 0.437. The minimum absolute atomic E-state index is 0.0641. The van der Waals surface area contributed by atoms with Crippen molar-refractivity contribution in [2.75, 3.05) is 11.9 Å². The van der Waals surface area contributed by atoms with Crippen LogP contribution >= 0.6 is 58.8 Å². The number of carbonyl (C=O) groups is 2. The van der Waals surface area contributed by atoms with Gasteiger partial charge in [0.25, 0.3) is 5.91 Å². The van der Waals surface area contributed by atoms with Crippen LogP contribution in [0.4, 0.5) is 5.69 Å². The fourth-order valence-electron chi connectivity index (χ4n) is 2.45. The Morgan fingerprint density at radius 2 is 1.82 bits per heavy atom. The zero-order valence-electron chi connectivity index (χ0n) is 14.2. The van der Waals surface area contributed by atoms with Crippen LogP contribution in [0.2, 0.25) is 15.1 Å². The summed E-state index contributed by atoms with van der Waals surface area (Å²) >= 11 is 24.6. The van der Waals surface area contributed by atoms with Crippen LogP contribution in [0.3, 0.4) is 0 Å². The van der Waals surface area contributed by atoms with Gasteiger partial charge in [-0.15, -0.1) is 0 Å². The summed E-state index contributed by atoms with van der Waals surface area (Å²) < 4.78 is 0.400. The van der Waals surface area contributed by atoms with Crippen molar-refractivity contribution in [2.45, 2.75) is 6.42 Å². The van der Waals surface area contributed by atoms with Crippen molar-refractivity contribution in [2.24, 2.45) is 0 Å².